The number of hydrogen-bond donors (Lipinski definition) is 2. The van der Waals surface area contributed by atoms with Crippen LogP contribution in [0.1, 0.15) is 89.6 Å². The first-order valence-corrected chi connectivity index (χ1v) is 31.6. The summed E-state index contributed by atoms with van der Waals surface area (Å²) in [5, 5.41) is 18.9. The average molecular weight is 1170 g/mol. The number of allylic oxidation sites excluding steroid dienone is 32. The molecule has 0 fully saturated rings. The van der Waals surface area contributed by atoms with Crippen molar-refractivity contribution < 1.29 is 10.0 Å². The van der Waals surface area contributed by atoms with Gasteiger partial charge < -0.3 is 10.0 Å². The molecule has 0 aliphatic heterocycles. The van der Waals surface area contributed by atoms with Crippen molar-refractivity contribution in [1.82, 2.24) is 0 Å². The normalized spacial score (nSPS) is 26.0. The summed E-state index contributed by atoms with van der Waals surface area (Å²) in [6, 6.07) is 49.0. The van der Waals surface area contributed by atoms with Crippen molar-refractivity contribution in [2.45, 2.75) is 50.4 Å². The van der Waals surface area contributed by atoms with E-state index in [-0.39, 0.29) is 22.7 Å². The number of fused-ring (bicyclic) bond motifs is 14. The molecule has 4 heteroatoms. The number of benzene rings is 6. The standard InChI is InChI=1S/C41H32.C26H21BO2.C15H13Br/c1-41(2)38-13-6-5-10-33(38)34-19-18-28(24-39(34)41)26-14-15-27-23-29(17-16-25(27)22-26)30-20-21-37-32-9-4-3-8-31(32)36-12-7-11-35(30)40(36)37;28-27(29)19-11-10-16-14-18(9-8-17(16)15-19)20-12-13-25-22-5-2-1-4-21(22)24-7-3-6-23(20)26(24)25;1-15(2)13-6-4-3-5-11(13)12-8-7-10(16)9-14(12)15/h3-25,27,37,40H,1-2H3;1-17,25-26,28-29H;3-9H,1-2H3. The van der Waals surface area contributed by atoms with E-state index in [1.165, 1.54) is 122 Å². The maximum atomic E-state index is 9.45. The molecule has 0 saturated carbocycles. The fraction of sp³-hybridized carbons (Fsp3) is 0.171. The van der Waals surface area contributed by atoms with E-state index in [0.717, 1.165) is 4.47 Å². The van der Waals surface area contributed by atoms with Crippen molar-refractivity contribution >= 4 is 39.8 Å². The molecule has 8 unspecified atom stereocenters. The van der Waals surface area contributed by atoms with E-state index in [0.29, 0.717) is 41.0 Å². The Balaban J connectivity index is 0.000000115. The molecule has 12 aliphatic rings. The molecule has 18 rings (SSSR count). The molecular weight excluding hydrogens is 1110 g/mol. The van der Waals surface area contributed by atoms with Crippen LogP contribution in [0.2, 0.25) is 0 Å². The van der Waals surface area contributed by atoms with Crippen LogP contribution in [0.4, 0.5) is 0 Å². The van der Waals surface area contributed by atoms with Crippen LogP contribution < -0.4 is 0 Å². The van der Waals surface area contributed by atoms with Gasteiger partial charge in [0, 0.05) is 62.6 Å². The lowest BCUT2D eigenvalue weighted by molar-refractivity contribution is 0.419. The maximum absolute atomic E-state index is 9.45. The fourth-order valence-corrected chi connectivity index (χ4v) is 16.8. The number of halogens is 1. The lowest BCUT2D eigenvalue weighted by Crippen LogP contribution is -2.21. The molecule has 6 aromatic rings. The molecule has 2 N–H and O–H groups in total. The molecule has 0 bridgehead atoms. The van der Waals surface area contributed by atoms with Crippen LogP contribution in [0.5, 0.6) is 0 Å². The summed E-state index contributed by atoms with van der Waals surface area (Å²) >= 11 is 3.56. The second-order valence-electron chi connectivity index (χ2n) is 26.0. The predicted molar refractivity (Wildman–Crippen MR) is 361 cm³/mol. The molecule has 86 heavy (non-hydrogen) atoms. The van der Waals surface area contributed by atoms with E-state index in [1.54, 1.807) is 0 Å². The van der Waals surface area contributed by atoms with Crippen molar-refractivity contribution in [1.29, 1.82) is 0 Å². The quantitative estimate of drug-likeness (QED) is 0.173. The molecular formula is C82H66BBrO2. The molecule has 0 saturated heterocycles. The van der Waals surface area contributed by atoms with Gasteiger partial charge in [0.05, 0.1) is 0 Å². The molecule has 0 spiro atoms. The van der Waals surface area contributed by atoms with Crippen LogP contribution in [-0.4, -0.2) is 17.2 Å². The maximum Gasteiger partial charge on any atom is 0.488 e. The molecule has 0 aromatic heterocycles. The minimum absolute atomic E-state index is 0.0243. The van der Waals surface area contributed by atoms with Crippen molar-refractivity contribution in [2.24, 2.45) is 35.5 Å². The van der Waals surface area contributed by atoms with E-state index in [2.05, 4.69) is 299 Å². The zero-order chi connectivity index (χ0) is 58.2. The van der Waals surface area contributed by atoms with Crippen LogP contribution in [0.25, 0.3) is 39.0 Å². The van der Waals surface area contributed by atoms with Crippen LogP contribution in [-0.2, 0) is 10.8 Å². The molecule has 2 nitrogen and oxygen atoms in total. The smallest absolute Gasteiger partial charge is 0.423 e. The summed E-state index contributed by atoms with van der Waals surface area (Å²) in [5.74, 6) is 2.92. The summed E-state index contributed by atoms with van der Waals surface area (Å²) in [6.07, 6.45) is 50.3. The highest BCUT2D eigenvalue weighted by molar-refractivity contribution is 9.10. The molecule has 12 aliphatic carbocycles. The van der Waals surface area contributed by atoms with Gasteiger partial charge >= 0.3 is 7.12 Å². The summed E-state index contributed by atoms with van der Waals surface area (Å²) in [5.41, 5.74) is 31.4. The lowest BCUT2D eigenvalue weighted by atomic mass is 9.69. The summed E-state index contributed by atoms with van der Waals surface area (Å²) in [6.45, 7) is 9.32. The second-order valence-corrected chi connectivity index (χ2v) is 27.0. The number of rotatable bonds is 4. The summed E-state index contributed by atoms with van der Waals surface area (Å²) < 4.78 is 1.16. The first-order chi connectivity index (χ1) is 41.9. The van der Waals surface area contributed by atoms with Gasteiger partial charge in [-0.25, -0.2) is 0 Å². The third kappa shape index (κ3) is 8.42. The second kappa shape index (κ2) is 20.4. The van der Waals surface area contributed by atoms with E-state index >= 15 is 0 Å². The van der Waals surface area contributed by atoms with E-state index in [4.69, 9.17) is 0 Å². The van der Waals surface area contributed by atoms with Crippen molar-refractivity contribution in [3.05, 3.63) is 361 Å². The van der Waals surface area contributed by atoms with Gasteiger partial charge in [-0.15, -0.1) is 0 Å². The van der Waals surface area contributed by atoms with E-state index < -0.39 is 7.12 Å². The Morgan fingerprint density at radius 2 is 0.826 bits per heavy atom. The zero-order valence-corrected chi connectivity index (χ0v) is 50.5. The summed E-state index contributed by atoms with van der Waals surface area (Å²) in [4.78, 5) is 0. The highest BCUT2D eigenvalue weighted by Crippen LogP contribution is 2.58. The van der Waals surface area contributed by atoms with Crippen LogP contribution in [0.15, 0.2) is 311 Å². The molecule has 6 aromatic carbocycles. The minimum atomic E-state index is -1.41. The van der Waals surface area contributed by atoms with Gasteiger partial charge in [0.25, 0.3) is 0 Å². The molecule has 0 heterocycles. The Morgan fingerprint density at radius 1 is 0.395 bits per heavy atom. The van der Waals surface area contributed by atoms with E-state index in [1.807, 2.05) is 12.2 Å². The predicted octanol–water partition coefficient (Wildman–Crippen LogP) is 19.1. The molecule has 0 amide bonds. The minimum Gasteiger partial charge on any atom is -0.423 e. The van der Waals surface area contributed by atoms with Gasteiger partial charge in [0.1, 0.15) is 0 Å². The molecule has 8 atom stereocenters. The van der Waals surface area contributed by atoms with Crippen molar-refractivity contribution in [3.8, 4) is 22.3 Å². The monoisotopic (exact) mass is 1170 g/mol. The van der Waals surface area contributed by atoms with Crippen molar-refractivity contribution in [2.75, 3.05) is 0 Å². The van der Waals surface area contributed by atoms with Crippen LogP contribution in [0.3, 0.4) is 0 Å². The fourth-order valence-electron chi connectivity index (χ4n) is 16.5. The third-order valence-electron chi connectivity index (χ3n) is 20.8. The van der Waals surface area contributed by atoms with Gasteiger partial charge in [-0.05, 0) is 146 Å². The van der Waals surface area contributed by atoms with Gasteiger partial charge in [-0.2, -0.15) is 0 Å². The third-order valence-corrected chi connectivity index (χ3v) is 21.3. The largest absolute Gasteiger partial charge is 0.488 e. The highest BCUT2D eigenvalue weighted by atomic mass is 79.9. The Morgan fingerprint density at radius 3 is 1.36 bits per heavy atom. The summed E-state index contributed by atoms with van der Waals surface area (Å²) in [7, 11) is -1.41. The number of hydrogen-bond acceptors (Lipinski definition) is 2. The van der Waals surface area contributed by atoms with E-state index in [9.17, 15) is 10.0 Å². The average Bonchev–Trinajstić information content (AvgIpc) is 1.67. The first kappa shape index (κ1) is 53.1. The van der Waals surface area contributed by atoms with Crippen LogP contribution in [0, 0.1) is 35.5 Å². The van der Waals surface area contributed by atoms with Crippen molar-refractivity contribution in [3.63, 3.8) is 0 Å². The highest BCUT2D eigenvalue weighted by Gasteiger charge is 2.43. The first-order valence-electron chi connectivity index (χ1n) is 30.8. The Kier molecular flexibility index (Phi) is 12.6. The van der Waals surface area contributed by atoms with Crippen LogP contribution >= 0.6 is 15.9 Å². The molecule has 0 radical (unpaired) electrons. The Labute approximate surface area is 515 Å². The Hall–Kier alpha value is -8.38. The topological polar surface area (TPSA) is 40.5 Å². The van der Waals surface area contributed by atoms with Gasteiger partial charge in [0.15, 0.2) is 0 Å². The zero-order valence-electron chi connectivity index (χ0n) is 48.9. The Bertz CT molecular complexity index is 4490. The lowest BCUT2D eigenvalue weighted by Gasteiger charge is -2.31. The molecule has 416 valence electrons. The van der Waals surface area contributed by atoms with Gasteiger partial charge in [-0.3, -0.25) is 0 Å². The SMILES string of the molecule is CC1(C)c2ccccc2-c2ccc(Br)cc21.CC1(C)c2ccccc2-c2ccc(C3=CC4C=CC(C5=C6C=CC=C7c8ccccc8C(C=C5)C76)=CC4C=C3)cc21.OB(O)C1=CC2C=CC(C3=C4C=CC=C5c6ccccc6C(C=C3)C54)=CC2C=C1. The van der Waals surface area contributed by atoms with Gasteiger partial charge in [0.2, 0.25) is 0 Å². The van der Waals surface area contributed by atoms with Gasteiger partial charge in [-0.1, -0.05) is 293 Å².